The van der Waals surface area contributed by atoms with E-state index in [9.17, 15) is 9.90 Å². The van der Waals surface area contributed by atoms with E-state index in [1.165, 1.54) is 0 Å². The average Bonchev–Trinajstić information content (AvgIpc) is 3.16. The Morgan fingerprint density at radius 2 is 2.14 bits per heavy atom. The number of benzene rings is 1. The van der Waals surface area contributed by atoms with Gasteiger partial charge in [-0.25, -0.2) is 19.3 Å². The number of rotatable bonds is 7. The third kappa shape index (κ3) is 3.86. The molecule has 8 heteroatoms. The van der Waals surface area contributed by atoms with Crippen molar-refractivity contribution in [3.05, 3.63) is 72.2 Å². The van der Waals surface area contributed by atoms with Crippen molar-refractivity contribution in [1.29, 1.82) is 0 Å². The van der Waals surface area contributed by atoms with Gasteiger partial charge < -0.3 is 15.2 Å². The molecule has 0 bridgehead atoms. The molecule has 0 saturated carbocycles. The molecule has 2 N–H and O–H groups in total. The number of nitrogens with zero attached hydrogens (tertiary/aromatic N) is 4. The summed E-state index contributed by atoms with van der Waals surface area (Å²) >= 11 is 0. The highest BCUT2D eigenvalue weighted by Crippen LogP contribution is 2.26. The summed E-state index contributed by atoms with van der Waals surface area (Å²) < 4.78 is 7.20. The second kappa shape index (κ2) is 7.97. The molecule has 0 amide bonds. The number of nitrogens with one attached hydrogen (secondary N) is 1. The molecule has 3 heterocycles. The summed E-state index contributed by atoms with van der Waals surface area (Å²) in [5, 5.41) is 17.0. The molecule has 4 aromatic rings. The zero-order chi connectivity index (χ0) is 20.2. The van der Waals surface area contributed by atoms with E-state index in [-0.39, 0.29) is 5.56 Å². The minimum atomic E-state index is -1.05. The van der Waals surface area contributed by atoms with Crippen LogP contribution in [0.4, 0.5) is 5.95 Å². The summed E-state index contributed by atoms with van der Waals surface area (Å²) in [5.74, 6) is -0.261. The third-order valence-corrected chi connectivity index (χ3v) is 4.40. The number of ether oxygens (including phenoxy) is 1. The molecule has 0 radical (unpaired) electrons. The summed E-state index contributed by atoms with van der Waals surface area (Å²) in [6.07, 6.45) is 5.33. The molecular formula is C21H19N5O3. The monoisotopic (exact) mass is 389 g/mol. The molecule has 146 valence electrons. The molecule has 0 unspecified atom stereocenters. The number of carbonyl (C=O) groups is 1. The van der Waals surface area contributed by atoms with E-state index in [1.54, 1.807) is 36.7 Å². The van der Waals surface area contributed by atoms with Crippen molar-refractivity contribution in [2.75, 3.05) is 11.9 Å². The van der Waals surface area contributed by atoms with Gasteiger partial charge in [0.1, 0.15) is 11.3 Å². The van der Waals surface area contributed by atoms with Gasteiger partial charge in [0.25, 0.3) is 0 Å². The number of anilines is 1. The van der Waals surface area contributed by atoms with Gasteiger partial charge in [-0.2, -0.15) is 5.10 Å². The fraction of sp³-hybridized carbons (Fsp3) is 0.143. The first-order chi connectivity index (χ1) is 14.2. The van der Waals surface area contributed by atoms with E-state index in [0.29, 0.717) is 36.1 Å². The first kappa shape index (κ1) is 18.4. The van der Waals surface area contributed by atoms with Crippen molar-refractivity contribution in [2.45, 2.75) is 13.5 Å². The van der Waals surface area contributed by atoms with Crippen molar-refractivity contribution < 1.29 is 14.6 Å². The van der Waals surface area contributed by atoms with Crippen LogP contribution in [-0.2, 0) is 6.54 Å². The van der Waals surface area contributed by atoms with Crippen LogP contribution in [0.15, 0.2) is 61.1 Å². The molecule has 0 aliphatic heterocycles. The predicted octanol–water partition coefficient (Wildman–Crippen LogP) is 3.50. The zero-order valence-corrected chi connectivity index (χ0v) is 15.7. The van der Waals surface area contributed by atoms with E-state index < -0.39 is 5.97 Å². The molecule has 1 aromatic carbocycles. The Balaban J connectivity index is 1.57. The lowest BCUT2D eigenvalue weighted by atomic mass is 10.1. The Kier molecular flexibility index (Phi) is 5.07. The van der Waals surface area contributed by atoms with Crippen LogP contribution in [-0.4, -0.2) is 37.3 Å². The molecule has 0 atom stereocenters. The summed E-state index contributed by atoms with van der Waals surface area (Å²) in [7, 11) is 0. The van der Waals surface area contributed by atoms with Crippen molar-refractivity contribution in [1.82, 2.24) is 19.6 Å². The fourth-order valence-electron chi connectivity index (χ4n) is 3.04. The van der Waals surface area contributed by atoms with E-state index >= 15 is 0 Å². The summed E-state index contributed by atoms with van der Waals surface area (Å²) in [6, 6.07) is 12.6. The zero-order valence-electron chi connectivity index (χ0n) is 15.7. The SMILES string of the molecule is CCOc1ccc(-c2ccnc(NCc3cnn4ccccc34)n2)cc1C(=O)O. The van der Waals surface area contributed by atoms with Gasteiger partial charge in [0.2, 0.25) is 5.95 Å². The topological polar surface area (TPSA) is 102 Å². The molecule has 0 aliphatic carbocycles. The number of aromatic carboxylic acids is 1. The van der Waals surface area contributed by atoms with Gasteiger partial charge in [0.05, 0.1) is 24.0 Å². The molecule has 0 saturated heterocycles. The van der Waals surface area contributed by atoms with Gasteiger partial charge in [-0.05, 0) is 43.3 Å². The predicted molar refractivity (Wildman–Crippen MR) is 108 cm³/mol. The van der Waals surface area contributed by atoms with Gasteiger partial charge in [0.15, 0.2) is 0 Å². The number of hydrogen-bond acceptors (Lipinski definition) is 6. The van der Waals surface area contributed by atoms with Crippen molar-refractivity contribution in [2.24, 2.45) is 0 Å². The van der Waals surface area contributed by atoms with Gasteiger partial charge >= 0.3 is 5.97 Å². The largest absolute Gasteiger partial charge is 0.493 e. The maximum Gasteiger partial charge on any atom is 0.339 e. The van der Waals surface area contributed by atoms with E-state index in [4.69, 9.17) is 4.74 Å². The van der Waals surface area contributed by atoms with Gasteiger partial charge in [-0.15, -0.1) is 0 Å². The van der Waals surface area contributed by atoms with Crippen LogP contribution in [0.3, 0.4) is 0 Å². The molecule has 8 nitrogen and oxygen atoms in total. The van der Waals surface area contributed by atoms with Crippen LogP contribution in [0.2, 0.25) is 0 Å². The highest BCUT2D eigenvalue weighted by molar-refractivity contribution is 5.92. The number of pyridine rings is 1. The molecule has 0 fully saturated rings. The van der Waals surface area contributed by atoms with E-state index in [1.807, 2.05) is 35.8 Å². The summed E-state index contributed by atoms with van der Waals surface area (Å²) in [6.45, 7) is 2.72. The quantitative estimate of drug-likeness (QED) is 0.499. The number of aromatic nitrogens is 4. The Labute approximate surface area is 166 Å². The molecule has 3 aromatic heterocycles. The van der Waals surface area contributed by atoms with Crippen molar-refractivity contribution in [3.63, 3.8) is 0 Å². The van der Waals surface area contributed by atoms with Crippen LogP contribution in [0.5, 0.6) is 5.75 Å². The molecule has 4 rings (SSSR count). The van der Waals surface area contributed by atoms with Crippen LogP contribution in [0, 0.1) is 0 Å². The fourth-order valence-corrected chi connectivity index (χ4v) is 3.04. The first-order valence-corrected chi connectivity index (χ1v) is 9.14. The molecule has 0 aliphatic rings. The third-order valence-electron chi connectivity index (χ3n) is 4.40. The lowest BCUT2D eigenvalue weighted by Crippen LogP contribution is -2.05. The van der Waals surface area contributed by atoms with Gasteiger partial charge in [0, 0.05) is 30.1 Å². The van der Waals surface area contributed by atoms with Crippen molar-refractivity contribution >= 4 is 17.4 Å². The van der Waals surface area contributed by atoms with Crippen LogP contribution in [0.25, 0.3) is 16.8 Å². The molecule has 29 heavy (non-hydrogen) atoms. The maximum absolute atomic E-state index is 11.6. The van der Waals surface area contributed by atoms with Crippen molar-refractivity contribution in [3.8, 4) is 17.0 Å². The normalized spacial score (nSPS) is 10.8. The number of carboxylic acids is 1. The van der Waals surface area contributed by atoms with Gasteiger partial charge in [-0.3, -0.25) is 0 Å². The summed E-state index contributed by atoms with van der Waals surface area (Å²) in [4.78, 5) is 20.3. The summed E-state index contributed by atoms with van der Waals surface area (Å²) in [5.41, 5.74) is 3.42. The minimum Gasteiger partial charge on any atom is -0.493 e. The number of hydrogen-bond donors (Lipinski definition) is 2. The Morgan fingerprint density at radius 3 is 2.97 bits per heavy atom. The number of carboxylic acid groups (broad SMARTS) is 1. The smallest absolute Gasteiger partial charge is 0.339 e. The Bertz CT molecular complexity index is 1170. The second-order valence-corrected chi connectivity index (χ2v) is 6.27. The van der Waals surface area contributed by atoms with E-state index in [2.05, 4.69) is 20.4 Å². The maximum atomic E-state index is 11.6. The highest BCUT2D eigenvalue weighted by Gasteiger charge is 2.14. The first-order valence-electron chi connectivity index (χ1n) is 9.14. The van der Waals surface area contributed by atoms with Crippen LogP contribution < -0.4 is 10.1 Å². The standard InChI is InChI=1S/C21H19N5O3/c1-2-29-19-7-6-14(11-16(19)20(27)28)17-8-9-22-21(25-17)23-12-15-13-24-26-10-4-3-5-18(15)26/h3-11,13H,2,12H2,1H3,(H,27,28)(H,22,23,25). The lowest BCUT2D eigenvalue weighted by molar-refractivity contribution is 0.0692. The minimum absolute atomic E-state index is 0.101. The Hall–Kier alpha value is -3.94. The molecular weight excluding hydrogens is 370 g/mol. The molecule has 0 spiro atoms. The number of fused-ring (bicyclic) bond motifs is 1. The van der Waals surface area contributed by atoms with E-state index in [0.717, 1.165) is 11.1 Å². The Morgan fingerprint density at radius 1 is 1.24 bits per heavy atom. The average molecular weight is 389 g/mol. The van der Waals surface area contributed by atoms with Gasteiger partial charge in [-0.1, -0.05) is 6.07 Å². The highest BCUT2D eigenvalue weighted by atomic mass is 16.5. The van der Waals surface area contributed by atoms with Crippen LogP contribution in [0.1, 0.15) is 22.8 Å². The second-order valence-electron chi connectivity index (χ2n) is 6.27. The lowest BCUT2D eigenvalue weighted by Gasteiger charge is -2.10. The van der Waals surface area contributed by atoms with Crippen LogP contribution >= 0.6 is 0 Å².